The van der Waals surface area contributed by atoms with Gasteiger partial charge in [-0.05, 0) is 24.6 Å². The predicted molar refractivity (Wildman–Crippen MR) is 84.0 cm³/mol. The Balaban J connectivity index is 0.00000121. The van der Waals surface area contributed by atoms with E-state index in [2.05, 4.69) is 44.4 Å². The topological polar surface area (TPSA) is 44.8 Å². The standard InChI is InChI=1S/C15H16N4.BrH/c1-4-15(5-7-19(6-1)11-15)13-2-3-14(16-10-13)12-8-17-18-9-12;/h1-4,8-10H,5-7,11H2,(H,17,18);1H. The fraction of sp³-hybridized carbons (Fsp3) is 0.333. The molecule has 2 atom stereocenters. The Morgan fingerprint density at radius 3 is 2.95 bits per heavy atom. The molecule has 2 aromatic heterocycles. The molecule has 0 radical (unpaired) electrons. The first kappa shape index (κ1) is 13.5. The smallest absolute Gasteiger partial charge is 0.0733 e. The molecule has 4 rings (SSSR count). The molecule has 0 aromatic carbocycles. The number of fused-ring (bicyclic) bond motifs is 2. The van der Waals surface area contributed by atoms with E-state index in [0.29, 0.717) is 0 Å². The highest BCUT2D eigenvalue weighted by Gasteiger charge is 2.39. The third kappa shape index (κ3) is 2.11. The highest BCUT2D eigenvalue weighted by Crippen LogP contribution is 2.38. The van der Waals surface area contributed by atoms with Crippen LogP contribution in [0, 0.1) is 0 Å². The van der Waals surface area contributed by atoms with Crippen molar-refractivity contribution < 1.29 is 0 Å². The van der Waals surface area contributed by atoms with Gasteiger partial charge in [-0.1, -0.05) is 18.2 Å². The van der Waals surface area contributed by atoms with Crippen LogP contribution >= 0.6 is 17.0 Å². The van der Waals surface area contributed by atoms with E-state index in [4.69, 9.17) is 0 Å². The van der Waals surface area contributed by atoms with Gasteiger partial charge in [0.1, 0.15) is 0 Å². The number of aromatic amines is 1. The van der Waals surface area contributed by atoms with E-state index >= 15 is 0 Å². The molecule has 4 heterocycles. The molecular weight excluding hydrogens is 316 g/mol. The fourth-order valence-corrected chi connectivity index (χ4v) is 3.22. The molecule has 1 N–H and O–H groups in total. The Labute approximate surface area is 128 Å². The van der Waals surface area contributed by atoms with Crippen molar-refractivity contribution in [3.8, 4) is 11.3 Å². The number of nitrogens with zero attached hydrogens (tertiary/aromatic N) is 3. The lowest BCUT2D eigenvalue weighted by atomic mass is 9.79. The van der Waals surface area contributed by atoms with Gasteiger partial charge in [0.05, 0.1) is 11.9 Å². The summed E-state index contributed by atoms with van der Waals surface area (Å²) in [6.45, 7) is 3.43. The number of rotatable bonds is 2. The van der Waals surface area contributed by atoms with E-state index in [9.17, 15) is 0 Å². The van der Waals surface area contributed by atoms with E-state index < -0.39 is 0 Å². The van der Waals surface area contributed by atoms with Gasteiger partial charge in [0.2, 0.25) is 0 Å². The maximum Gasteiger partial charge on any atom is 0.0733 e. The van der Waals surface area contributed by atoms with Crippen LogP contribution in [0.15, 0.2) is 42.9 Å². The molecule has 2 bridgehead atoms. The van der Waals surface area contributed by atoms with Crippen LogP contribution in [0.2, 0.25) is 0 Å². The highest BCUT2D eigenvalue weighted by molar-refractivity contribution is 8.93. The summed E-state index contributed by atoms with van der Waals surface area (Å²) in [7, 11) is 0. The van der Waals surface area contributed by atoms with E-state index in [0.717, 1.165) is 24.3 Å². The lowest BCUT2D eigenvalue weighted by Gasteiger charge is -2.29. The maximum atomic E-state index is 4.60. The van der Waals surface area contributed by atoms with Crippen molar-refractivity contribution in [1.82, 2.24) is 20.1 Å². The number of nitrogens with one attached hydrogen (secondary N) is 1. The minimum Gasteiger partial charge on any atom is -0.298 e. The molecule has 0 spiro atoms. The van der Waals surface area contributed by atoms with Crippen molar-refractivity contribution >= 4 is 17.0 Å². The summed E-state index contributed by atoms with van der Waals surface area (Å²) >= 11 is 0. The molecule has 0 aliphatic carbocycles. The van der Waals surface area contributed by atoms with Gasteiger partial charge in [-0.3, -0.25) is 15.0 Å². The van der Waals surface area contributed by atoms with Crippen molar-refractivity contribution in [2.75, 3.05) is 19.6 Å². The van der Waals surface area contributed by atoms with Crippen LogP contribution in [-0.4, -0.2) is 39.7 Å². The predicted octanol–water partition coefficient (Wildman–Crippen LogP) is 2.56. The second kappa shape index (κ2) is 5.14. The Hall–Kier alpha value is -1.46. The van der Waals surface area contributed by atoms with Crippen molar-refractivity contribution in [1.29, 1.82) is 0 Å². The molecule has 2 aliphatic rings. The third-order valence-electron chi connectivity index (χ3n) is 4.31. The van der Waals surface area contributed by atoms with Crippen LogP contribution in [0.3, 0.4) is 0 Å². The second-order valence-corrected chi connectivity index (χ2v) is 5.46. The molecule has 2 aliphatic heterocycles. The van der Waals surface area contributed by atoms with Crippen molar-refractivity contribution in [3.63, 3.8) is 0 Å². The van der Waals surface area contributed by atoms with Crippen LogP contribution in [0.25, 0.3) is 11.3 Å². The summed E-state index contributed by atoms with van der Waals surface area (Å²) in [5.41, 5.74) is 3.54. The summed E-state index contributed by atoms with van der Waals surface area (Å²) in [6.07, 6.45) is 11.6. The van der Waals surface area contributed by atoms with Crippen molar-refractivity contribution in [2.45, 2.75) is 11.8 Å². The number of aromatic nitrogens is 3. The van der Waals surface area contributed by atoms with E-state index in [-0.39, 0.29) is 22.4 Å². The third-order valence-corrected chi connectivity index (χ3v) is 4.31. The van der Waals surface area contributed by atoms with Crippen molar-refractivity contribution in [3.05, 3.63) is 48.4 Å². The Morgan fingerprint density at radius 1 is 1.25 bits per heavy atom. The summed E-state index contributed by atoms with van der Waals surface area (Å²) < 4.78 is 0. The molecule has 4 nitrogen and oxygen atoms in total. The van der Waals surface area contributed by atoms with Crippen LogP contribution < -0.4 is 0 Å². The van der Waals surface area contributed by atoms with Crippen LogP contribution in [0.1, 0.15) is 12.0 Å². The molecule has 20 heavy (non-hydrogen) atoms. The average Bonchev–Trinajstić information content (AvgIpc) is 3.09. The molecular formula is C15H17BrN4. The number of halogens is 1. The van der Waals surface area contributed by atoms with E-state index in [1.54, 1.807) is 6.20 Å². The summed E-state index contributed by atoms with van der Waals surface area (Å²) in [4.78, 5) is 7.10. The molecule has 0 saturated carbocycles. The Bertz CT molecular complexity index is 605. The van der Waals surface area contributed by atoms with Gasteiger partial charge in [0.15, 0.2) is 0 Å². The van der Waals surface area contributed by atoms with Crippen LogP contribution in [0.4, 0.5) is 0 Å². The molecule has 2 aromatic rings. The highest BCUT2D eigenvalue weighted by atomic mass is 79.9. The average molecular weight is 333 g/mol. The van der Waals surface area contributed by atoms with E-state index in [1.165, 1.54) is 18.5 Å². The SMILES string of the molecule is Br.C1=CC2(c3ccc(-c4cn[nH]c4)nc3)CCN(C1)C2. The number of hydrogen-bond acceptors (Lipinski definition) is 3. The number of pyridine rings is 1. The summed E-state index contributed by atoms with van der Waals surface area (Å²) in [6, 6.07) is 4.31. The van der Waals surface area contributed by atoms with Gasteiger partial charge >= 0.3 is 0 Å². The summed E-state index contributed by atoms with van der Waals surface area (Å²) in [5.74, 6) is 0. The van der Waals surface area contributed by atoms with Gasteiger partial charge in [-0.25, -0.2) is 0 Å². The molecule has 2 unspecified atom stereocenters. The first-order valence-electron chi connectivity index (χ1n) is 6.72. The van der Waals surface area contributed by atoms with Gasteiger partial charge < -0.3 is 0 Å². The zero-order valence-electron chi connectivity index (χ0n) is 11.1. The minimum absolute atomic E-state index is 0. The Kier molecular flexibility index (Phi) is 3.48. The van der Waals surface area contributed by atoms with Gasteiger partial charge in [0, 0.05) is 36.5 Å². The normalized spacial score (nSPS) is 27.3. The zero-order valence-corrected chi connectivity index (χ0v) is 12.8. The van der Waals surface area contributed by atoms with Gasteiger partial charge in [-0.15, -0.1) is 17.0 Å². The van der Waals surface area contributed by atoms with Crippen LogP contribution in [0.5, 0.6) is 0 Å². The number of hydrogen-bond donors (Lipinski definition) is 1. The quantitative estimate of drug-likeness (QED) is 0.859. The zero-order chi connectivity index (χ0) is 12.7. The van der Waals surface area contributed by atoms with Crippen LogP contribution in [-0.2, 0) is 5.41 Å². The second-order valence-electron chi connectivity index (χ2n) is 5.46. The maximum absolute atomic E-state index is 4.60. The van der Waals surface area contributed by atoms with Crippen molar-refractivity contribution in [2.24, 2.45) is 0 Å². The largest absolute Gasteiger partial charge is 0.298 e. The molecule has 0 amide bonds. The first-order valence-corrected chi connectivity index (χ1v) is 6.72. The van der Waals surface area contributed by atoms with E-state index in [1.807, 2.05) is 12.4 Å². The lowest BCUT2D eigenvalue weighted by molar-refractivity contribution is 0.345. The first-order chi connectivity index (χ1) is 9.36. The minimum atomic E-state index is 0. The lowest BCUT2D eigenvalue weighted by Crippen LogP contribution is -2.33. The molecule has 1 fully saturated rings. The molecule has 1 saturated heterocycles. The fourth-order valence-electron chi connectivity index (χ4n) is 3.22. The monoisotopic (exact) mass is 332 g/mol. The molecule has 5 heteroatoms. The summed E-state index contributed by atoms with van der Waals surface area (Å²) in [5, 5.41) is 6.79. The molecule has 104 valence electrons. The Morgan fingerprint density at radius 2 is 2.20 bits per heavy atom. The number of H-pyrrole nitrogens is 1. The van der Waals surface area contributed by atoms with Gasteiger partial charge in [0.25, 0.3) is 0 Å². The van der Waals surface area contributed by atoms with Gasteiger partial charge in [-0.2, -0.15) is 5.10 Å².